The summed E-state index contributed by atoms with van der Waals surface area (Å²) in [4.78, 5) is 1.42. The average molecular weight is 292 g/mol. The van der Waals surface area contributed by atoms with E-state index >= 15 is 0 Å². The van der Waals surface area contributed by atoms with Crippen molar-refractivity contribution in [3.8, 4) is 0 Å². The fourth-order valence-electron chi connectivity index (χ4n) is 3.24. The smallest absolute Gasteiger partial charge is 0.0251 e. The molecule has 1 nitrogen and oxygen atoms in total. The molecule has 1 aromatic carbocycles. The van der Waals surface area contributed by atoms with Crippen LogP contribution in [0.15, 0.2) is 29.2 Å². The maximum absolute atomic E-state index is 3.54. The van der Waals surface area contributed by atoms with Gasteiger partial charge in [-0.1, -0.05) is 38.5 Å². The molecule has 0 amide bonds. The van der Waals surface area contributed by atoms with Crippen molar-refractivity contribution in [3.63, 3.8) is 0 Å². The van der Waals surface area contributed by atoms with Crippen LogP contribution in [0.4, 0.5) is 0 Å². The topological polar surface area (TPSA) is 12.0 Å². The van der Waals surface area contributed by atoms with E-state index in [1.165, 1.54) is 29.7 Å². The van der Waals surface area contributed by atoms with Crippen LogP contribution in [-0.4, -0.2) is 18.3 Å². The molecule has 0 saturated heterocycles. The molecule has 1 aliphatic rings. The summed E-state index contributed by atoms with van der Waals surface area (Å²) in [6.45, 7) is 9.36. The highest BCUT2D eigenvalue weighted by atomic mass is 32.2. The fraction of sp³-hybridized carbons (Fsp3) is 0.667. The van der Waals surface area contributed by atoms with Gasteiger partial charge < -0.3 is 5.32 Å². The van der Waals surface area contributed by atoms with E-state index in [-0.39, 0.29) is 0 Å². The van der Waals surface area contributed by atoms with Crippen molar-refractivity contribution < 1.29 is 0 Å². The minimum atomic E-state index is 0.435. The average Bonchev–Trinajstić information content (AvgIpc) is 2.37. The molecule has 1 saturated carbocycles. The molecule has 0 bridgehead atoms. The SMILES string of the molecule is CNC1CCC(C(C)(C)C)CC1Sc1cccc(C)c1. The third kappa shape index (κ3) is 4.02. The third-order valence-electron chi connectivity index (χ3n) is 4.66. The molecule has 1 aliphatic carbocycles. The van der Waals surface area contributed by atoms with Gasteiger partial charge in [0.2, 0.25) is 0 Å². The summed E-state index contributed by atoms with van der Waals surface area (Å²) in [7, 11) is 2.12. The fourth-order valence-corrected chi connectivity index (χ4v) is 4.77. The molecule has 1 N–H and O–H groups in total. The van der Waals surface area contributed by atoms with E-state index < -0.39 is 0 Å². The predicted molar refractivity (Wildman–Crippen MR) is 90.5 cm³/mol. The van der Waals surface area contributed by atoms with Crippen molar-refractivity contribution >= 4 is 11.8 Å². The number of thioether (sulfide) groups is 1. The van der Waals surface area contributed by atoms with Crippen LogP contribution >= 0.6 is 11.8 Å². The molecule has 0 spiro atoms. The number of nitrogens with one attached hydrogen (secondary N) is 1. The van der Waals surface area contributed by atoms with E-state index in [0.29, 0.717) is 16.7 Å². The van der Waals surface area contributed by atoms with Crippen molar-refractivity contribution in [1.82, 2.24) is 5.32 Å². The molecule has 2 rings (SSSR count). The van der Waals surface area contributed by atoms with Crippen LogP contribution in [0.3, 0.4) is 0 Å². The van der Waals surface area contributed by atoms with Crippen LogP contribution in [0.25, 0.3) is 0 Å². The van der Waals surface area contributed by atoms with Gasteiger partial charge in [-0.25, -0.2) is 0 Å². The lowest BCUT2D eigenvalue weighted by molar-refractivity contribution is 0.167. The maximum atomic E-state index is 3.54. The molecule has 3 atom stereocenters. The van der Waals surface area contributed by atoms with E-state index in [0.717, 1.165) is 5.92 Å². The number of hydrogen-bond acceptors (Lipinski definition) is 2. The van der Waals surface area contributed by atoms with E-state index in [9.17, 15) is 0 Å². The van der Waals surface area contributed by atoms with Crippen molar-refractivity contribution in [2.24, 2.45) is 11.3 Å². The summed E-state index contributed by atoms with van der Waals surface area (Å²) in [5.41, 5.74) is 1.80. The Bertz CT molecular complexity index is 435. The van der Waals surface area contributed by atoms with E-state index in [1.54, 1.807) is 0 Å². The Hall–Kier alpha value is -0.470. The van der Waals surface area contributed by atoms with Gasteiger partial charge in [0.1, 0.15) is 0 Å². The molecular weight excluding hydrogens is 262 g/mol. The van der Waals surface area contributed by atoms with Gasteiger partial charge in [-0.2, -0.15) is 0 Å². The molecule has 20 heavy (non-hydrogen) atoms. The lowest BCUT2D eigenvalue weighted by Gasteiger charge is -2.41. The van der Waals surface area contributed by atoms with E-state index in [2.05, 4.69) is 76.1 Å². The highest BCUT2D eigenvalue weighted by molar-refractivity contribution is 8.00. The lowest BCUT2D eigenvalue weighted by Crippen LogP contribution is -2.43. The Balaban J connectivity index is 2.09. The summed E-state index contributed by atoms with van der Waals surface area (Å²) in [6.07, 6.45) is 4.00. The Kier molecular flexibility index (Phi) is 5.19. The monoisotopic (exact) mass is 291 g/mol. The first-order valence-corrected chi connectivity index (χ1v) is 8.68. The largest absolute Gasteiger partial charge is 0.316 e. The first kappa shape index (κ1) is 15.9. The Morgan fingerprint density at radius 1 is 1.20 bits per heavy atom. The highest BCUT2D eigenvalue weighted by Crippen LogP contribution is 2.43. The van der Waals surface area contributed by atoms with Crippen molar-refractivity contribution in [2.45, 2.75) is 63.1 Å². The minimum absolute atomic E-state index is 0.435. The summed E-state index contributed by atoms with van der Waals surface area (Å²) < 4.78 is 0. The van der Waals surface area contributed by atoms with Crippen LogP contribution in [-0.2, 0) is 0 Å². The summed E-state index contributed by atoms with van der Waals surface area (Å²) in [6, 6.07) is 9.58. The van der Waals surface area contributed by atoms with Crippen LogP contribution in [0.5, 0.6) is 0 Å². The number of aryl methyl sites for hydroxylation is 1. The molecule has 1 fully saturated rings. The van der Waals surface area contributed by atoms with Crippen molar-refractivity contribution in [3.05, 3.63) is 29.8 Å². The molecular formula is C18H29NS. The Morgan fingerprint density at radius 3 is 2.55 bits per heavy atom. The standard InChI is InChI=1S/C18H29NS/c1-13-7-6-8-15(11-13)20-17-12-14(18(2,3)4)9-10-16(17)19-5/h6-8,11,14,16-17,19H,9-10,12H2,1-5H3. The van der Waals surface area contributed by atoms with E-state index in [4.69, 9.17) is 0 Å². The molecule has 2 heteroatoms. The van der Waals surface area contributed by atoms with E-state index in [1.807, 2.05) is 0 Å². The molecule has 112 valence electrons. The second-order valence-corrected chi connectivity index (χ2v) is 8.56. The van der Waals surface area contributed by atoms with Crippen LogP contribution in [0.1, 0.15) is 45.6 Å². The first-order valence-electron chi connectivity index (χ1n) is 7.80. The molecule has 0 heterocycles. The lowest BCUT2D eigenvalue weighted by atomic mass is 9.71. The van der Waals surface area contributed by atoms with Crippen LogP contribution < -0.4 is 5.32 Å². The quantitative estimate of drug-likeness (QED) is 0.851. The molecule has 1 aromatic rings. The normalized spacial score (nSPS) is 27.6. The Morgan fingerprint density at radius 2 is 1.95 bits per heavy atom. The van der Waals surface area contributed by atoms with Gasteiger partial charge in [0.15, 0.2) is 0 Å². The first-order chi connectivity index (χ1) is 9.40. The maximum Gasteiger partial charge on any atom is 0.0251 e. The number of benzene rings is 1. The van der Waals surface area contributed by atoms with Gasteiger partial charge in [-0.15, -0.1) is 11.8 Å². The zero-order chi connectivity index (χ0) is 14.8. The molecule has 0 aromatic heterocycles. The van der Waals surface area contributed by atoms with Gasteiger partial charge in [0, 0.05) is 16.2 Å². The number of rotatable bonds is 3. The summed E-state index contributed by atoms with van der Waals surface area (Å²) in [5, 5.41) is 4.23. The zero-order valence-corrected chi connectivity index (χ0v) is 14.4. The van der Waals surface area contributed by atoms with Crippen LogP contribution in [0, 0.1) is 18.3 Å². The predicted octanol–water partition coefficient (Wildman–Crippen LogP) is 4.89. The number of hydrogen-bond donors (Lipinski definition) is 1. The Labute approximate surface area is 128 Å². The summed E-state index contributed by atoms with van der Waals surface area (Å²) in [5.74, 6) is 0.842. The van der Waals surface area contributed by atoms with Gasteiger partial charge in [0.05, 0.1) is 0 Å². The van der Waals surface area contributed by atoms with Crippen molar-refractivity contribution in [1.29, 1.82) is 0 Å². The molecule has 3 unspecified atom stereocenters. The zero-order valence-electron chi connectivity index (χ0n) is 13.6. The van der Waals surface area contributed by atoms with Gasteiger partial charge in [-0.3, -0.25) is 0 Å². The third-order valence-corrected chi connectivity index (χ3v) is 6.01. The molecule has 0 aliphatic heterocycles. The summed E-state index contributed by atoms with van der Waals surface area (Å²) >= 11 is 2.07. The second kappa shape index (κ2) is 6.53. The van der Waals surface area contributed by atoms with Gasteiger partial charge in [0.25, 0.3) is 0 Å². The highest BCUT2D eigenvalue weighted by Gasteiger charge is 2.35. The minimum Gasteiger partial charge on any atom is -0.316 e. The van der Waals surface area contributed by atoms with Crippen molar-refractivity contribution in [2.75, 3.05) is 7.05 Å². The second-order valence-electron chi connectivity index (χ2n) is 7.24. The van der Waals surface area contributed by atoms with Gasteiger partial charge >= 0.3 is 0 Å². The molecule has 0 radical (unpaired) electrons. The van der Waals surface area contributed by atoms with Gasteiger partial charge in [-0.05, 0) is 56.7 Å². The van der Waals surface area contributed by atoms with Crippen LogP contribution in [0.2, 0.25) is 0 Å².